The van der Waals surface area contributed by atoms with Crippen LogP contribution in [0, 0.1) is 0 Å². The van der Waals surface area contributed by atoms with Crippen LogP contribution in [0.3, 0.4) is 0 Å². The molecule has 0 bridgehead atoms. The second-order valence-electron chi connectivity index (χ2n) is 6.86. The Labute approximate surface area is 183 Å². The molecule has 3 aromatic rings. The number of nitrogens with one attached hydrogen (secondary N) is 3. The lowest BCUT2D eigenvalue weighted by molar-refractivity contribution is -0.123. The van der Waals surface area contributed by atoms with E-state index < -0.39 is 0 Å². The molecule has 0 spiro atoms. The van der Waals surface area contributed by atoms with Crippen LogP contribution in [0.1, 0.15) is 5.56 Å². The molecule has 168 valence electrons. The molecule has 1 saturated heterocycles. The smallest absolute Gasteiger partial charge is 0.323 e. The summed E-state index contributed by atoms with van der Waals surface area (Å²) >= 11 is 0. The number of aromatic nitrogens is 4. The van der Waals surface area contributed by atoms with E-state index in [1.807, 2.05) is 35.4 Å². The van der Waals surface area contributed by atoms with E-state index in [4.69, 9.17) is 14.6 Å². The predicted molar refractivity (Wildman–Crippen MR) is 118 cm³/mol. The molecule has 0 saturated carbocycles. The zero-order chi connectivity index (χ0) is 22.2. The maximum atomic E-state index is 11.8. The number of aromatic amines is 1. The number of rotatable bonds is 9. The zero-order valence-electron chi connectivity index (χ0n) is 17.3. The van der Waals surface area contributed by atoms with Gasteiger partial charge in [-0.2, -0.15) is 20.1 Å². The van der Waals surface area contributed by atoms with Crippen LogP contribution in [0.5, 0.6) is 6.01 Å². The summed E-state index contributed by atoms with van der Waals surface area (Å²) in [5, 5.41) is 16.6. The summed E-state index contributed by atoms with van der Waals surface area (Å²) in [6.07, 6.45) is 3.53. The summed E-state index contributed by atoms with van der Waals surface area (Å²) in [6.45, 7) is 2.08. The van der Waals surface area contributed by atoms with E-state index in [0.29, 0.717) is 32.3 Å². The highest BCUT2D eigenvalue weighted by atomic mass is 16.5. The number of anilines is 2. The third-order valence-electron chi connectivity index (χ3n) is 4.65. The molecule has 1 aliphatic heterocycles. The van der Waals surface area contributed by atoms with E-state index in [9.17, 15) is 4.79 Å². The van der Waals surface area contributed by atoms with E-state index >= 15 is 0 Å². The number of morpholine rings is 1. The number of hydrogen-bond acceptors (Lipinski definition) is 10. The number of aliphatic hydroxyl groups excluding tert-OH is 1. The van der Waals surface area contributed by atoms with Gasteiger partial charge in [-0.1, -0.05) is 18.2 Å². The average Bonchev–Trinajstić information content (AvgIpc) is 3.25. The van der Waals surface area contributed by atoms with Gasteiger partial charge in [0.05, 0.1) is 26.0 Å². The third-order valence-corrected chi connectivity index (χ3v) is 4.65. The maximum absolute atomic E-state index is 11.8. The molecule has 1 aromatic carbocycles. The minimum absolute atomic E-state index is 0.00886. The second-order valence-corrected chi connectivity index (χ2v) is 6.86. The predicted octanol–water partition coefficient (Wildman–Crippen LogP) is 0.123. The van der Waals surface area contributed by atoms with Crippen molar-refractivity contribution in [2.45, 2.75) is 0 Å². The van der Waals surface area contributed by atoms with Gasteiger partial charge < -0.3 is 29.8 Å². The van der Waals surface area contributed by atoms with Crippen molar-refractivity contribution in [1.82, 2.24) is 25.3 Å². The number of carbonyl (C=O) groups is 1. The van der Waals surface area contributed by atoms with Crippen LogP contribution in [0.2, 0.25) is 0 Å². The Morgan fingerprint density at radius 1 is 1.28 bits per heavy atom. The maximum Gasteiger partial charge on any atom is 0.323 e. The molecule has 0 atom stereocenters. The van der Waals surface area contributed by atoms with Gasteiger partial charge in [-0.25, -0.2) is 5.43 Å². The standard InChI is InChI=1S/C20H24N8O4/c29-8-5-21-17(30)13-32-20-25-18(24-19(26-20)28-6-9-31-10-7-28)27-23-12-14-11-22-16-4-2-1-3-15(14)16/h1-4,11-12,22,29H,5-10,13H2,(H,21,30)(H,24,25,26,27). The van der Waals surface area contributed by atoms with E-state index in [2.05, 4.69) is 35.8 Å². The van der Waals surface area contributed by atoms with Gasteiger partial charge in [0.2, 0.25) is 5.95 Å². The van der Waals surface area contributed by atoms with Gasteiger partial charge in [-0.3, -0.25) is 4.79 Å². The molecule has 0 aliphatic carbocycles. The highest BCUT2D eigenvalue weighted by Crippen LogP contribution is 2.18. The molecule has 1 amide bonds. The summed E-state index contributed by atoms with van der Waals surface area (Å²) < 4.78 is 10.8. The first kappa shape index (κ1) is 21.5. The zero-order valence-corrected chi connectivity index (χ0v) is 17.3. The summed E-state index contributed by atoms with van der Waals surface area (Å²) in [4.78, 5) is 29.8. The van der Waals surface area contributed by atoms with Crippen LogP contribution in [0.4, 0.5) is 11.9 Å². The highest BCUT2D eigenvalue weighted by Gasteiger charge is 2.17. The quantitative estimate of drug-likeness (QED) is 0.269. The molecule has 12 heteroatoms. The molecule has 1 aliphatic rings. The molecule has 12 nitrogen and oxygen atoms in total. The topological polar surface area (TPSA) is 150 Å². The first-order valence-corrected chi connectivity index (χ1v) is 10.2. The van der Waals surface area contributed by atoms with Crippen LogP contribution in [0.15, 0.2) is 35.6 Å². The SMILES string of the molecule is O=C(COc1nc(NN=Cc2c[nH]c3ccccc23)nc(N2CCOCC2)n1)NCCO. The van der Waals surface area contributed by atoms with Gasteiger partial charge >= 0.3 is 6.01 Å². The fourth-order valence-electron chi connectivity index (χ4n) is 3.10. The first-order chi connectivity index (χ1) is 15.7. The average molecular weight is 440 g/mol. The largest absolute Gasteiger partial charge is 0.453 e. The Bertz CT molecular complexity index is 1080. The van der Waals surface area contributed by atoms with E-state index in [1.54, 1.807) is 6.21 Å². The molecule has 2 aromatic heterocycles. The molecule has 1 fully saturated rings. The van der Waals surface area contributed by atoms with Crippen molar-refractivity contribution in [3.63, 3.8) is 0 Å². The van der Waals surface area contributed by atoms with Gasteiger partial charge in [0, 0.05) is 42.3 Å². The number of nitrogens with zero attached hydrogens (tertiary/aromatic N) is 5. The minimum Gasteiger partial charge on any atom is -0.453 e. The third kappa shape index (κ3) is 5.47. The molecule has 32 heavy (non-hydrogen) atoms. The Balaban J connectivity index is 1.49. The number of hydrazone groups is 1. The number of H-pyrrole nitrogens is 1. The Kier molecular flexibility index (Phi) is 7.05. The molecular formula is C20H24N8O4. The summed E-state index contributed by atoms with van der Waals surface area (Å²) in [7, 11) is 0. The van der Waals surface area contributed by atoms with Crippen molar-refractivity contribution in [2.24, 2.45) is 5.10 Å². The van der Waals surface area contributed by atoms with Gasteiger partial charge in [0.25, 0.3) is 11.9 Å². The van der Waals surface area contributed by atoms with Crippen molar-refractivity contribution < 1.29 is 19.4 Å². The molecular weight excluding hydrogens is 416 g/mol. The Morgan fingerprint density at radius 2 is 2.12 bits per heavy atom. The van der Waals surface area contributed by atoms with Gasteiger partial charge in [-0.05, 0) is 6.07 Å². The number of fused-ring (bicyclic) bond motifs is 1. The number of carbonyl (C=O) groups excluding carboxylic acids is 1. The summed E-state index contributed by atoms with van der Waals surface area (Å²) in [6, 6.07) is 7.90. The highest BCUT2D eigenvalue weighted by molar-refractivity contribution is 5.99. The fourth-order valence-corrected chi connectivity index (χ4v) is 3.10. The number of amides is 1. The van der Waals surface area contributed by atoms with Gasteiger partial charge in [0.15, 0.2) is 6.61 Å². The number of ether oxygens (including phenoxy) is 2. The number of para-hydroxylation sites is 1. The van der Waals surface area contributed by atoms with Crippen molar-refractivity contribution in [2.75, 3.05) is 56.4 Å². The van der Waals surface area contributed by atoms with Crippen LogP contribution in [-0.2, 0) is 9.53 Å². The van der Waals surface area contributed by atoms with Crippen LogP contribution < -0.4 is 20.4 Å². The van der Waals surface area contributed by atoms with Gasteiger partial charge in [0.1, 0.15) is 0 Å². The minimum atomic E-state index is -0.390. The molecule has 0 radical (unpaired) electrons. The van der Waals surface area contributed by atoms with Crippen LogP contribution >= 0.6 is 0 Å². The Hall–Kier alpha value is -3.77. The number of benzene rings is 1. The fraction of sp³-hybridized carbons (Fsp3) is 0.350. The molecule has 0 unspecified atom stereocenters. The second kappa shape index (κ2) is 10.5. The van der Waals surface area contributed by atoms with Crippen molar-refractivity contribution in [3.05, 3.63) is 36.0 Å². The van der Waals surface area contributed by atoms with Crippen LogP contribution in [-0.4, -0.2) is 83.2 Å². The Morgan fingerprint density at radius 3 is 2.97 bits per heavy atom. The van der Waals surface area contributed by atoms with E-state index in [0.717, 1.165) is 16.5 Å². The van der Waals surface area contributed by atoms with Gasteiger partial charge in [-0.15, -0.1) is 0 Å². The lowest BCUT2D eigenvalue weighted by Gasteiger charge is -2.26. The number of aliphatic hydroxyl groups is 1. The van der Waals surface area contributed by atoms with Crippen molar-refractivity contribution in [3.8, 4) is 6.01 Å². The van der Waals surface area contributed by atoms with E-state index in [1.165, 1.54) is 0 Å². The summed E-state index contributed by atoms with van der Waals surface area (Å²) in [5.74, 6) is 0.196. The molecule has 4 rings (SSSR count). The molecule has 3 heterocycles. The van der Waals surface area contributed by atoms with Crippen LogP contribution in [0.25, 0.3) is 10.9 Å². The van der Waals surface area contributed by atoms with Crippen molar-refractivity contribution in [1.29, 1.82) is 0 Å². The number of hydrogen-bond donors (Lipinski definition) is 4. The van der Waals surface area contributed by atoms with E-state index in [-0.39, 0.29) is 37.6 Å². The normalized spacial score (nSPS) is 14.1. The first-order valence-electron chi connectivity index (χ1n) is 10.2. The summed E-state index contributed by atoms with van der Waals surface area (Å²) in [5.41, 5.74) is 4.73. The lowest BCUT2D eigenvalue weighted by atomic mass is 10.2. The molecule has 4 N–H and O–H groups in total. The van der Waals surface area contributed by atoms with Crippen molar-refractivity contribution >= 4 is 34.9 Å². The lowest BCUT2D eigenvalue weighted by Crippen LogP contribution is -2.37. The monoisotopic (exact) mass is 440 g/mol.